The Bertz CT molecular complexity index is 244. The molecule has 1 aliphatic heterocycles. The highest BCUT2D eigenvalue weighted by Gasteiger charge is 2.12. The number of unbranched alkanes of at least 4 members (excludes halogenated alkanes) is 5. The fraction of sp³-hybridized carbons (Fsp3) is 0.786. The van der Waals surface area contributed by atoms with Crippen LogP contribution in [0.15, 0.2) is 12.2 Å². The zero-order chi connectivity index (χ0) is 13.1. The van der Waals surface area contributed by atoms with Gasteiger partial charge in [0.1, 0.15) is 0 Å². The summed E-state index contributed by atoms with van der Waals surface area (Å²) in [4.78, 5) is 10.3. The maximum atomic E-state index is 10.3. The molecule has 4 heteroatoms. The van der Waals surface area contributed by atoms with Gasteiger partial charge >= 0.3 is 5.97 Å². The summed E-state index contributed by atoms with van der Waals surface area (Å²) in [5.41, 5.74) is 0. The topological polar surface area (TPSA) is 55.8 Å². The van der Waals surface area contributed by atoms with Crippen LogP contribution in [0.5, 0.6) is 0 Å². The quantitative estimate of drug-likeness (QED) is 0.482. The van der Waals surface area contributed by atoms with E-state index in [1.165, 1.54) is 12.8 Å². The van der Waals surface area contributed by atoms with Crippen molar-refractivity contribution in [1.29, 1.82) is 0 Å². The fourth-order valence-corrected chi connectivity index (χ4v) is 1.94. The lowest BCUT2D eigenvalue weighted by Crippen LogP contribution is -2.04. The maximum Gasteiger partial charge on any atom is 0.303 e. The standard InChI is InChI=1S/C14H24O4/c15-13(16)9-7-5-3-1-2-4-6-8-10-14-17-11-12-18-14/h6,8,14H,1-5,7,9-12H2,(H,15,16)/b8-6+. The van der Waals surface area contributed by atoms with Gasteiger partial charge in [-0.3, -0.25) is 4.79 Å². The third-order valence-electron chi connectivity index (χ3n) is 2.95. The zero-order valence-electron chi connectivity index (χ0n) is 11.0. The number of hydrogen-bond acceptors (Lipinski definition) is 3. The molecule has 0 unspecified atom stereocenters. The number of carboxylic acid groups (broad SMARTS) is 1. The van der Waals surface area contributed by atoms with Crippen LogP contribution in [0, 0.1) is 0 Å². The molecule has 0 atom stereocenters. The van der Waals surface area contributed by atoms with Gasteiger partial charge < -0.3 is 14.6 Å². The largest absolute Gasteiger partial charge is 0.481 e. The Hall–Kier alpha value is -0.870. The first-order valence-electron chi connectivity index (χ1n) is 6.89. The number of carboxylic acids is 1. The molecule has 18 heavy (non-hydrogen) atoms. The van der Waals surface area contributed by atoms with E-state index in [-0.39, 0.29) is 6.29 Å². The van der Waals surface area contributed by atoms with Crippen molar-refractivity contribution in [3.05, 3.63) is 12.2 Å². The van der Waals surface area contributed by atoms with Crippen molar-refractivity contribution < 1.29 is 19.4 Å². The van der Waals surface area contributed by atoms with Crippen LogP contribution in [-0.2, 0) is 14.3 Å². The number of carbonyl (C=O) groups is 1. The molecule has 0 aromatic heterocycles. The summed E-state index contributed by atoms with van der Waals surface area (Å²) in [5, 5.41) is 8.47. The van der Waals surface area contributed by atoms with Gasteiger partial charge in [0, 0.05) is 12.8 Å². The number of ether oxygens (including phenoxy) is 2. The zero-order valence-corrected chi connectivity index (χ0v) is 11.0. The van der Waals surface area contributed by atoms with Crippen LogP contribution >= 0.6 is 0 Å². The van der Waals surface area contributed by atoms with E-state index in [0.717, 1.165) is 45.3 Å². The van der Waals surface area contributed by atoms with Crippen LogP contribution in [0.3, 0.4) is 0 Å². The van der Waals surface area contributed by atoms with Gasteiger partial charge in [-0.1, -0.05) is 31.4 Å². The summed E-state index contributed by atoms with van der Waals surface area (Å²) in [7, 11) is 0. The first-order valence-corrected chi connectivity index (χ1v) is 6.89. The number of rotatable bonds is 10. The predicted molar refractivity (Wildman–Crippen MR) is 69.4 cm³/mol. The van der Waals surface area contributed by atoms with E-state index in [0.29, 0.717) is 6.42 Å². The Morgan fingerprint density at radius 2 is 1.72 bits per heavy atom. The second-order valence-corrected chi connectivity index (χ2v) is 4.58. The second-order valence-electron chi connectivity index (χ2n) is 4.58. The van der Waals surface area contributed by atoms with Crippen LogP contribution in [0.4, 0.5) is 0 Å². The molecule has 0 aliphatic carbocycles. The van der Waals surface area contributed by atoms with Crippen LogP contribution in [0.1, 0.15) is 51.4 Å². The third kappa shape index (κ3) is 8.25. The van der Waals surface area contributed by atoms with E-state index in [9.17, 15) is 4.79 Å². The van der Waals surface area contributed by atoms with Gasteiger partial charge in [0.05, 0.1) is 13.2 Å². The van der Waals surface area contributed by atoms with Crippen molar-refractivity contribution in [2.45, 2.75) is 57.7 Å². The molecule has 0 aromatic carbocycles. The fourth-order valence-electron chi connectivity index (χ4n) is 1.94. The van der Waals surface area contributed by atoms with Gasteiger partial charge in [0.25, 0.3) is 0 Å². The highest BCUT2D eigenvalue weighted by Crippen LogP contribution is 2.10. The second kappa shape index (κ2) is 10.1. The van der Waals surface area contributed by atoms with Crippen LogP contribution < -0.4 is 0 Å². The Morgan fingerprint density at radius 1 is 1.06 bits per heavy atom. The van der Waals surface area contributed by atoms with Gasteiger partial charge in [-0.05, 0) is 19.3 Å². The summed E-state index contributed by atoms with van der Waals surface area (Å²) in [5.74, 6) is -0.686. The summed E-state index contributed by atoms with van der Waals surface area (Å²) >= 11 is 0. The number of allylic oxidation sites excluding steroid dienone is 1. The highest BCUT2D eigenvalue weighted by molar-refractivity contribution is 5.66. The Balaban J connectivity index is 1.80. The Morgan fingerprint density at radius 3 is 2.44 bits per heavy atom. The lowest BCUT2D eigenvalue weighted by Gasteiger charge is -2.03. The highest BCUT2D eigenvalue weighted by atomic mass is 16.7. The minimum Gasteiger partial charge on any atom is -0.481 e. The van der Waals surface area contributed by atoms with Gasteiger partial charge in [-0.25, -0.2) is 0 Å². The summed E-state index contributed by atoms with van der Waals surface area (Å²) < 4.78 is 10.6. The van der Waals surface area contributed by atoms with Gasteiger partial charge in [-0.15, -0.1) is 0 Å². The lowest BCUT2D eigenvalue weighted by atomic mass is 10.1. The molecule has 1 aliphatic rings. The SMILES string of the molecule is O=C(O)CCCCCCC/C=C/CC1OCCO1. The van der Waals surface area contributed by atoms with Crippen LogP contribution in [0.25, 0.3) is 0 Å². The van der Waals surface area contributed by atoms with Crippen LogP contribution in [0.2, 0.25) is 0 Å². The molecule has 0 aromatic rings. The van der Waals surface area contributed by atoms with Crippen molar-refractivity contribution in [1.82, 2.24) is 0 Å². The molecule has 1 heterocycles. The molecule has 4 nitrogen and oxygen atoms in total. The molecule has 0 spiro atoms. The first kappa shape index (κ1) is 15.2. The molecule has 104 valence electrons. The van der Waals surface area contributed by atoms with Gasteiger partial charge in [-0.2, -0.15) is 0 Å². The van der Waals surface area contributed by atoms with E-state index in [1.54, 1.807) is 0 Å². The van der Waals surface area contributed by atoms with Gasteiger partial charge in [0.15, 0.2) is 6.29 Å². The molecule has 1 saturated heterocycles. The Labute approximate surface area is 109 Å². The minimum absolute atomic E-state index is 0.0303. The minimum atomic E-state index is -0.686. The molecule has 1 fully saturated rings. The van der Waals surface area contributed by atoms with E-state index in [2.05, 4.69) is 12.2 Å². The van der Waals surface area contributed by atoms with Crippen molar-refractivity contribution in [3.8, 4) is 0 Å². The van der Waals surface area contributed by atoms with Crippen molar-refractivity contribution in [2.75, 3.05) is 13.2 Å². The van der Waals surface area contributed by atoms with Crippen molar-refractivity contribution >= 4 is 5.97 Å². The molecule has 0 amide bonds. The molecule has 1 rings (SSSR count). The number of hydrogen-bond donors (Lipinski definition) is 1. The van der Waals surface area contributed by atoms with Crippen molar-refractivity contribution in [3.63, 3.8) is 0 Å². The smallest absolute Gasteiger partial charge is 0.303 e. The lowest BCUT2D eigenvalue weighted by molar-refractivity contribution is -0.137. The molecule has 1 N–H and O–H groups in total. The van der Waals surface area contributed by atoms with Crippen molar-refractivity contribution in [2.24, 2.45) is 0 Å². The van der Waals surface area contributed by atoms with Gasteiger partial charge in [0.2, 0.25) is 0 Å². The normalized spacial score (nSPS) is 16.7. The summed E-state index contributed by atoms with van der Waals surface area (Å²) in [6, 6.07) is 0. The number of aliphatic carboxylic acids is 1. The summed E-state index contributed by atoms with van der Waals surface area (Å²) in [6.45, 7) is 1.43. The predicted octanol–water partition coefficient (Wildman–Crippen LogP) is 3.12. The van der Waals surface area contributed by atoms with E-state index >= 15 is 0 Å². The molecule has 0 bridgehead atoms. The average Bonchev–Trinajstić information content (AvgIpc) is 2.84. The average molecular weight is 256 g/mol. The maximum absolute atomic E-state index is 10.3. The van der Waals surface area contributed by atoms with Crippen LogP contribution in [-0.4, -0.2) is 30.6 Å². The summed E-state index contributed by atoms with van der Waals surface area (Å²) in [6.07, 6.45) is 11.8. The molecular formula is C14H24O4. The van der Waals surface area contributed by atoms with E-state index in [4.69, 9.17) is 14.6 Å². The third-order valence-corrected chi connectivity index (χ3v) is 2.95. The molecule has 0 saturated carbocycles. The molecule has 0 radical (unpaired) electrons. The molecular weight excluding hydrogens is 232 g/mol. The van der Waals surface area contributed by atoms with E-state index < -0.39 is 5.97 Å². The Kier molecular flexibility index (Phi) is 8.51. The first-order chi connectivity index (χ1) is 8.79. The van der Waals surface area contributed by atoms with E-state index in [1.807, 2.05) is 0 Å². The monoisotopic (exact) mass is 256 g/mol.